The van der Waals surface area contributed by atoms with Crippen LogP contribution in [-0.4, -0.2) is 40.2 Å². The number of nitrogens with one attached hydrogen (secondary N) is 1. The summed E-state index contributed by atoms with van der Waals surface area (Å²) in [5, 5.41) is 6.76. The molecular weight excluding hydrogens is 394 g/mol. The van der Waals surface area contributed by atoms with E-state index in [0.29, 0.717) is 12.0 Å². The molecule has 2 heterocycles. The van der Waals surface area contributed by atoms with Crippen molar-refractivity contribution in [1.82, 2.24) is 15.2 Å². The highest BCUT2D eigenvalue weighted by Gasteiger charge is 2.45. The largest absolute Gasteiger partial charge is 0.444 e. The topological polar surface area (TPSA) is 54.5 Å². The van der Waals surface area contributed by atoms with Gasteiger partial charge >= 0.3 is 6.09 Å². The third kappa shape index (κ3) is 5.03. The van der Waals surface area contributed by atoms with Crippen molar-refractivity contribution in [2.24, 2.45) is 5.92 Å². The molecule has 1 amide bonds. The van der Waals surface area contributed by atoms with Crippen LogP contribution < -0.4 is 5.32 Å². The number of ether oxygens (including phenoxy) is 1. The fourth-order valence-corrected chi connectivity index (χ4v) is 5.60. The van der Waals surface area contributed by atoms with Gasteiger partial charge in [0.1, 0.15) is 10.6 Å². The summed E-state index contributed by atoms with van der Waals surface area (Å²) in [5.74, 6) is 0.614. The summed E-state index contributed by atoms with van der Waals surface area (Å²) in [5.41, 5.74) is 1.71. The third-order valence-electron chi connectivity index (χ3n) is 6.08. The molecule has 5 nitrogen and oxygen atoms in total. The lowest BCUT2D eigenvalue weighted by molar-refractivity contribution is 0.0104. The highest BCUT2D eigenvalue weighted by Crippen LogP contribution is 2.40. The van der Waals surface area contributed by atoms with Gasteiger partial charge in [-0.2, -0.15) is 0 Å². The molecule has 1 aromatic carbocycles. The van der Waals surface area contributed by atoms with Gasteiger partial charge in [0.2, 0.25) is 0 Å². The van der Waals surface area contributed by atoms with Crippen LogP contribution in [0, 0.1) is 5.92 Å². The van der Waals surface area contributed by atoms with Crippen LogP contribution in [0.3, 0.4) is 0 Å². The molecule has 162 valence electrons. The molecule has 4 rings (SSSR count). The predicted molar refractivity (Wildman–Crippen MR) is 121 cm³/mol. The molecule has 0 bridgehead atoms. The standard InChI is InChI=1S/C24H33N3O2S/c1-24(2,3)29-23(28)27-19(13-18-11-7-8-12-21(18)27)14-25-15-22-26-20(16-30-22)17-9-5-4-6-10-17/h4-6,9-10,16,18-19,21,25H,7-8,11-15H2,1-3H3/t18-,19-,21-/m0/s1. The van der Waals surface area contributed by atoms with E-state index in [1.807, 2.05) is 39.0 Å². The SMILES string of the molecule is CC(C)(C)OC(=O)N1[C@H](CNCc2nc(-c3ccccc3)cs2)C[C@@H]2CCCC[C@@H]21. The Bertz CT molecular complexity index is 846. The van der Waals surface area contributed by atoms with Crippen molar-refractivity contribution < 1.29 is 9.53 Å². The van der Waals surface area contributed by atoms with Gasteiger partial charge < -0.3 is 15.0 Å². The minimum atomic E-state index is -0.462. The van der Waals surface area contributed by atoms with Crippen molar-refractivity contribution in [1.29, 1.82) is 0 Å². The van der Waals surface area contributed by atoms with Gasteiger partial charge in [-0.15, -0.1) is 11.3 Å². The van der Waals surface area contributed by atoms with E-state index in [2.05, 4.69) is 27.7 Å². The van der Waals surface area contributed by atoms with Crippen molar-refractivity contribution >= 4 is 17.4 Å². The number of rotatable bonds is 5. The Kier molecular flexibility index (Phi) is 6.44. The number of thiazole rings is 1. The highest BCUT2D eigenvalue weighted by atomic mass is 32.1. The van der Waals surface area contributed by atoms with Crippen molar-refractivity contribution in [3.05, 3.63) is 40.7 Å². The fourth-order valence-electron chi connectivity index (χ4n) is 4.82. The molecule has 0 unspecified atom stereocenters. The highest BCUT2D eigenvalue weighted by molar-refractivity contribution is 7.09. The van der Waals surface area contributed by atoms with Crippen LogP contribution in [0.4, 0.5) is 4.79 Å². The molecule has 30 heavy (non-hydrogen) atoms. The average molecular weight is 428 g/mol. The van der Waals surface area contributed by atoms with Gasteiger partial charge in [0.05, 0.1) is 5.69 Å². The molecule has 1 N–H and O–H groups in total. The number of hydrogen-bond donors (Lipinski definition) is 1. The van der Waals surface area contributed by atoms with E-state index in [4.69, 9.17) is 9.72 Å². The Morgan fingerprint density at radius 3 is 2.77 bits per heavy atom. The molecular formula is C24H33N3O2S. The van der Waals surface area contributed by atoms with Crippen LogP contribution in [0.25, 0.3) is 11.3 Å². The van der Waals surface area contributed by atoms with E-state index in [1.165, 1.54) is 19.3 Å². The number of benzene rings is 1. The molecule has 0 spiro atoms. The lowest BCUT2D eigenvalue weighted by Gasteiger charge is -2.35. The summed E-state index contributed by atoms with van der Waals surface area (Å²) in [6.45, 7) is 7.34. The van der Waals surface area contributed by atoms with Gasteiger partial charge in [0.25, 0.3) is 0 Å². The summed E-state index contributed by atoms with van der Waals surface area (Å²) in [7, 11) is 0. The molecule has 1 aliphatic carbocycles. The van der Waals surface area contributed by atoms with Gasteiger partial charge in [0.15, 0.2) is 0 Å². The lowest BCUT2D eigenvalue weighted by Crippen LogP contribution is -2.48. The molecule has 6 heteroatoms. The molecule has 2 aliphatic rings. The summed E-state index contributed by atoms with van der Waals surface area (Å²) in [4.78, 5) is 19.8. The van der Waals surface area contributed by atoms with Crippen LogP contribution in [-0.2, 0) is 11.3 Å². The summed E-state index contributed by atoms with van der Waals surface area (Å²) in [6, 6.07) is 10.8. The van der Waals surface area contributed by atoms with E-state index >= 15 is 0 Å². The van der Waals surface area contributed by atoms with E-state index < -0.39 is 5.60 Å². The lowest BCUT2D eigenvalue weighted by atomic mass is 9.85. The maximum atomic E-state index is 13.0. The van der Waals surface area contributed by atoms with Crippen LogP contribution in [0.5, 0.6) is 0 Å². The monoisotopic (exact) mass is 427 g/mol. The molecule has 2 aromatic rings. The Balaban J connectivity index is 1.37. The van der Waals surface area contributed by atoms with Gasteiger partial charge in [-0.3, -0.25) is 0 Å². The second kappa shape index (κ2) is 9.06. The first-order valence-electron chi connectivity index (χ1n) is 11.1. The summed E-state index contributed by atoms with van der Waals surface area (Å²) >= 11 is 1.68. The smallest absolute Gasteiger partial charge is 0.410 e. The van der Waals surface area contributed by atoms with Gasteiger partial charge in [-0.25, -0.2) is 9.78 Å². The molecule has 2 fully saturated rings. The zero-order valence-electron chi connectivity index (χ0n) is 18.3. The van der Waals surface area contributed by atoms with Crippen LogP contribution >= 0.6 is 11.3 Å². The van der Waals surface area contributed by atoms with E-state index in [1.54, 1.807) is 11.3 Å². The number of fused-ring (bicyclic) bond motifs is 1. The van der Waals surface area contributed by atoms with Gasteiger partial charge in [-0.05, 0) is 46.0 Å². The molecule has 1 aromatic heterocycles. The average Bonchev–Trinajstić information content (AvgIpc) is 3.32. The molecule has 1 saturated carbocycles. The first kappa shape index (κ1) is 21.3. The minimum Gasteiger partial charge on any atom is -0.444 e. The number of amides is 1. The molecule has 1 aliphatic heterocycles. The predicted octanol–water partition coefficient (Wildman–Crippen LogP) is 5.47. The zero-order valence-corrected chi connectivity index (χ0v) is 19.1. The van der Waals surface area contributed by atoms with Crippen LogP contribution in [0.15, 0.2) is 35.7 Å². The Labute approximate surface area is 183 Å². The van der Waals surface area contributed by atoms with Crippen LogP contribution in [0.2, 0.25) is 0 Å². The van der Waals surface area contributed by atoms with Crippen molar-refractivity contribution in [3.8, 4) is 11.3 Å². The Morgan fingerprint density at radius 2 is 2.00 bits per heavy atom. The Hall–Kier alpha value is -1.92. The summed E-state index contributed by atoms with van der Waals surface area (Å²) < 4.78 is 5.77. The maximum absolute atomic E-state index is 13.0. The van der Waals surface area contributed by atoms with Crippen molar-refractivity contribution in [2.75, 3.05) is 6.54 Å². The molecule has 0 radical (unpaired) electrons. The van der Waals surface area contributed by atoms with E-state index in [0.717, 1.165) is 42.2 Å². The molecule has 1 saturated heterocycles. The first-order valence-corrected chi connectivity index (χ1v) is 12.0. The third-order valence-corrected chi connectivity index (χ3v) is 6.93. The molecule has 3 atom stereocenters. The number of carbonyl (C=O) groups excluding carboxylic acids is 1. The number of nitrogens with zero attached hydrogens (tertiary/aromatic N) is 2. The number of aromatic nitrogens is 1. The van der Waals surface area contributed by atoms with E-state index in [9.17, 15) is 4.79 Å². The maximum Gasteiger partial charge on any atom is 0.410 e. The van der Waals surface area contributed by atoms with Gasteiger partial charge in [-0.1, -0.05) is 43.2 Å². The fraction of sp³-hybridized carbons (Fsp3) is 0.583. The van der Waals surface area contributed by atoms with E-state index in [-0.39, 0.29) is 12.1 Å². The van der Waals surface area contributed by atoms with Gasteiger partial charge in [0, 0.05) is 36.1 Å². The number of hydrogen-bond acceptors (Lipinski definition) is 5. The minimum absolute atomic E-state index is 0.149. The summed E-state index contributed by atoms with van der Waals surface area (Å²) in [6.07, 6.45) is 5.75. The number of carbonyl (C=O) groups is 1. The van der Waals surface area contributed by atoms with Crippen molar-refractivity contribution in [3.63, 3.8) is 0 Å². The second-order valence-electron chi connectivity index (χ2n) is 9.51. The zero-order chi connectivity index (χ0) is 21.1. The van der Waals surface area contributed by atoms with Crippen molar-refractivity contribution in [2.45, 2.75) is 77.1 Å². The first-order chi connectivity index (χ1) is 14.4. The second-order valence-corrected chi connectivity index (χ2v) is 10.5. The Morgan fingerprint density at radius 1 is 1.23 bits per heavy atom. The number of likely N-dealkylation sites (tertiary alicyclic amines) is 1. The quantitative estimate of drug-likeness (QED) is 0.688. The van der Waals surface area contributed by atoms with Crippen LogP contribution in [0.1, 0.15) is 57.9 Å². The normalized spacial score (nSPS) is 24.0.